The van der Waals surface area contributed by atoms with Gasteiger partial charge in [0.15, 0.2) is 0 Å². The van der Waals surface area contributed by atoms with Crippen molar-refractivity contribution in [2.75, 3.05) is 5.32 Å². The molecule has 2 aromatic carbocycles. The predicted octanol–water partition coefficient (Wildman–Crippen LogP) is 5.25. The van der Waals surface area contributed by atoms with Crippen molar-refractivity contribution in [2.24, 2.45) is 0 Å². The monoisotopic (exact) mass is 317 g/mol. The lowest BCUT2D eigenvalue weighted by molar-refractivity contribution is -0.111. The number of amides is 1. The summed E-state index contributed by atoms with van der Waals surface area (Å²) in [6.45, 7) is 4.25. The first-order chi connectivity index (χ1) is 10.5. The summed E-state index contributed by atoms with van der Waals surface area (Å²) >= 11 is 5.66. The van der Waals surface area contributed by atoms with E-state index in [1.54, 1.807) is 6.08 Å². The highest BCUT2D eigenvalue weighted by Gasteiger charge is 2.05. The van der Waals surface area contributed by atoms with Gasteiger partial charge in [-0.2, -0.15) is 0 Å². The van der Waals surface area contributed by atoms with Crippen LogP contribution in [0.2, 0.25) is 5.02 Å². The molecule has 0 unspecified atom stereocenters. The lowest BCUT2D eigenvalue weighted by Gasteiger charge is -2.05. The minimum Gasteiger partial charge on any atom is -0.320 e. The first-order valence-corrected chi connectivity index (χ1v) is 7.37. The second-order valence-corrected chi connectivity index (χ2v) is 5.70. The molecule has 0 aliphatic rings. The van der Waals surface area contributed by atoms with Gasteiger partial charge in [-0.3, -0.25) is 4.79 Å². The average molecular weight is 318 g/mol. The van der Waals surface area contributed by atoms with Gasteiger partial charge in [-0.05, 0) is 41.3 Å². The fourth-order valence-corrected chi connectivity index (χ4v) is 2.09. The van der Waals surface area contributed by atoms with Crippen molar-refractivity contribution in [3.8, 4) is 0 Å². The van der Waals surface area contributed by atoms with Crippen LogP contribution in [0.4, 0.5) is 10.1 Å². The lowest BCUT2D eigenvalue weighted by Crippen LogP contribution is -2.09. The van der Waals surface area contributed by atoms with Crippen LogP contribution in [-0.4, -0.2) is 5.91 Å². The van der Waals surface area contributed by atoms with Crippen molar-refractivity contribution >= 4 is 29.3 Å². The number of anilines is 1. The van der Waals surface area contributed by atoms with Crippen LogP contribution in [0.3, 0.4) is 0 Å². The smallest absolute Gasteiger partial charge is 0.248 e. The number of nitrogens with one attached hydrogen (secondary N) is 1. The van der Waals surface area contributed by atoms with E-state index in [9.17, 15) is 9.18 Å². The standard InChI is InChI=1S/C18H17ClFNO/c1-12(2)14-6-3-13(4-7-14)5-10-18(22)21-17-9-8-15(19)11-16(17)20/h3-12H,1-2H3,(H,21,22)/b10-5+. The third-order valence-electron chi connectivity index (χ3n) is 3.22. The zero-order valence-corrected chi connectivity index (χ0v) is 13.2. The number of benzene rings is 2. The van der Waals surface area contributed by atoms with Crippen LogP contribution >= 0.6 is 11.6 Å². The van der Waals surface area contributed by atoms with Crippen molar-refractivity contribution in [2.45, 2.75) is 19.8 Å². The molecule has 0 radical (unpaired) electrons. The summed E-state index contributed by atoms with van der Waals surface area (Å²) < 4.78 is 13.6. The van der Waals surface area contributed by atoms with E-state index in [0.717, 1.165) is 11.6 Å². The summed E-state index contributed by atoms with van der Waals surface area (Å²) in [5.74, 6) is -0.487. The van der Waals surface area contributed by atoms with E-state index >= 15 is 0 Å². The Kier molecular flexibility index (Phi) is 5.34. The molecule has 0 saturated carbocycles. The van der Waals surface area contributed by atoms with Crippen molar-refractivity contribution < 1.29 is 9.18 Å². The van der Waals surface area contributed by atoms with Crippen LogP contribution in [0.15, 0.2) is 48.5 Å². The summed E-state index contributed by atoms with van der Waals surface area (Å²) in [6.07, 6.45) is 3.06. The van der Waals surface area contributed by atoms with Gasteiger partial charge in [0.2, 0.25) is 5.91 Å². The largest absolute Gasteiger partial charge is 0.320 e. The van der Waals surface area contributed by atoms with E-state index in [2.05, 4.69) is 19.2 Å². The first-order valence-electron chi connectivity index (χ1n) is 7.00. The zero-order chi connectivity index (χ0) is 16.1. The topological polar surface area (TPSA) is 29.1 Å². The molecule has 2 aromatic rings. The van der Waals surface area contributed by atoms with Crippen molar-refractivity contribution in [3.05, 3.63) is 70.5 Å². The zero-order valence-electron chi connectivity index (χ0n) is 12.4. The second-order valence-electron chi connectivity index (χ2n) is 5.27. The van der Waals surface area contributed by atoms with Gasteiger partial charge in [0.1, 0.15) is 5.82 Å². The van der Waals surface area contributed by atoms with Gasteiger partial charge >= 0.3 is 0 Å². The predicted molar refractivity (Wildman–Crippen MR) is 89.6 cm³/mol. The summed E-state index contributed by atoms with van der Waals surface area (Å²) in [5.41, 5.74) is 2.26. The SMILES string of the molecule is CC(C)c1ccc(/C=C/C(=O)Nc2ccc(Cl)cc2F)cc1. The molecular formula is C18H17ClFNO. The Hall–Kier alpha value is -2.13. The van der Waals surface area contributed by atoms with Gasteiger partial charge in [-0.1, -0.05) is 49.7 Å². The normalized spacial score (nSPS) is 11.1. The van der Waals surface area contributed by atoms with Crippen LogP contribution in [0.5, 0.6) is 0 Å². The molecule has 0 atom stereocenters. The molecular weight excluding hydrogens is 301 g/mol. The summed E-state index contributed by atoms with van der Waals surface area (Å²) in [7, 11) is 0. The average Bonchev–Trinajstić information content (AvgIpc) is 2.48. The van der Waals surface area contributed by atoms with E-state index < -0.39 is 11.7 Å². The number of hydrogen-bond acceptors (Lipinski definition) is 1. The molecule has 1 amide bonds. The molecule has 0 fully saturated rings. The Morgan fingerprint density at radius 1 is 1.18 bits per heavy atom. The molecule has 0 bridgehead atoms. The van der Waals surface area contributed by atoms with Gasteiger partial charge in [-0.15, -0.1) is 0 Å². The maximum atomic E-state index is 13.6. The summed E-state index contributed by atoms with van der Waals surface area (Å²) in [6, 6.07) is 12.1. The molecule has 0 spiro atoms. The van der Waals surface area contributed by atoms with Gasteiger partial charge in [-0.25, -0.2) is 4.39 Å². The number of hydrogen-bond donors (Lipinski definition) is 1. The number of carbonyl (C=O) groups is 1. The fourth-order valence-electron chi connectivity index (χ4n) is 1.93. The van der Waals surface area contributed by atoms with E-state index in [0.29, 0.717) is 5.92 Å². The van der Waals surface area contributed by atoms with Crippen LogP contribution in [-0.2, 0) is 4.79 Å². The quantitative estimate of drug-likeness (QED) is 0.766. The number of rotatable bonds is 4. The van der Waals surface area contributed by atoms with Crippen molar-refractivity contribution in [1.29, 1.82) is 0 Å². The minimum atomic E-state index is -0.560. The molecule has 2 rings (SSSR count). The molecule has 0 aliphatic carbocycles. The Morgan fingerprint density at radius 3 is 2.45 bits per heavy atom. The van der Waals surface area contributed by atoms with Crippen molar-refractivity contribution in [1.82, 2.24) is 0 Å². The lowest BCUT2D eigenvalue weighted by atomic mass is 10.0. The number of carbonyl (C=O) groups excluding carboxylic acids is 1. The fraction of sp³-hybridized carbons (Fsp3) is 0.167. The molecule has 0 heterocycles. The van der Waals surface area contributed by atoms with Gasteiger partial charge in [0, 0.05) is 11.1 Å². The summed E-state index contributed by atoms with van der Waals surface area (Å²) in [5, 5.41) is 2.77. The maximum Gasteiger partial charge on any atom is 0.248 e. The molecule has 1 N–H and O–H groups in total. The molecule has 2 nitrogen and oxygen atoms in total. The van der Waals surface area contributed by atoms with Crippen LogP contribution in [0, 0.1) is 5.82 Å². The first kappa shape index (κ1) is 16.2. The van der Waals surface area contributed by atoms with Crippen molar-refractivity contribution in [3.63, 3.8) is 0 Å². The highest BCUT2D eigenvalue weighted by Crippen LogP contribution is 2.19. The van der Waals surface area contributed by atoms with Crippen LogP contribution in [0.25, 0.3) is 6.08 Å². The van der Waals surface area contributed by atoms with Gasteiger partial charge in [0.25, 0.3) is 0 Å². The third kappa shape index (κ3) is 4.43. The molecule has 0 saturated heterocycles. The molecule has 22 heavy (non-hydrogen) atoms. The highest BCUT2D eigenvalue weighted by atomic mass is 35.5. The van der Waals surface area contributed by atoms with E-state index in [1.807, 2.05) is 24.3 Å². The third-order valence-corrected chi connectivity index (χ3v) is 3.45. The van der Waals surface area contributed by atoms with Crippen LogP contribution < -0.4 is 5.32 Å². The van der Waals surface area contributed by atoms with Gasteiger partial charge < -0.3 is 5.32 Å². The number of halogens is 2. The Morgan fingerprint density at radius 2 is 1.86 bits per heavy atom. The Bertz CT molecular complexity index is 693. The minimum absolute atomic E-state index is 0.106. The molecule has 0 aliphatic heterocycles. The maximum absolute atomic E-state index is 13.6. The Labute approximate surface area is 134 Å². The molecule has 0 aromatic heterocycles. The molecule has 4 heteroatoms. The van der Waals surface area contributed by atoms with E-state index in [4.69, 9.17) is 11.6 Å². The second kappa shape index (κ2) is 7.23. The van der Waals surface area contributed by atoms with E-state index in [-0.39, 0.29) is 10.7 Å². The van der Waals surface area contributed by atoms with Crippen LogP contribution in [0.1, 0.15) is 30.9 Å². The molecule has 114 valence electrons. The van der Waals surface area contributed by atoms with E-state index in [1.165, 1.54) is 23.8 Å². The van der Waals surface area contributed by atoms with Gasteiger partial charge in [0.05, 0.1) is 5.69 Å². The highest BCUT2D eigenvalue weighted by molar-refractivity contribution is 6.30. The Balaban J connectivity index is 2.01. The summed E-state index contributed by atoms with van der Waals surface area (Å²) in [4.78, 5) is 11.8.